The molecule has 0 saturated heterocycles. The van der Waals surface area contributed by atoms with E-state index in [9.17, 15) is 18.0 Å². The predicted molar refractivity (Wildman–Crippen MR) is 225 cm³/mol. The summed E-state index contributed by atoms with van der Waals surface area (Å²) in [5.41, 5.74) is -0.810. The Morgan fingerprint density at radius 3 is 0.926 bits per heavy atom. The molecule has 0 amide bonds. The summed E-state index contributed by atoms with van der Waals surface area (Å²) in [6.45, 7) is 15.3. The van der Waals surface area contributed by atoms with Gasteiger partial charge in [0.25, 0.3) is 0 Å². The highest BCUT2D eigenvalue weighted by molar-refractivity contribution is 7.91. The van der Waals surface area contributed by atoms with Gasteiger partial charge in [0.2, 0.25) is 9.84 Å². The highest BCUT2D eigenvalue weighted by Crippen LogP contribution is 2.27. The molecule has 8 heteroatoms. The van der Waals surface area contributed by atoms with E-state index in [1.54, 1.807) is 0 Å². The van der Waals surface area contributed by atoms with Crippen LogP contribution in [-0.4, -0.2) is 61.2 Å². The van der Waals surface area contributed by atoms with E-state index in [2.05, 4.69) is 27.7 Å². The van der Waals surface area contributed by atoms with Gasteiger partial charge in [-0.2, -0.15) is 0 Å². The Morgan fingerprint density at radius 1 is 0.426 bits per heavy atom. The molecule has 0 aliphatic heterocycles. The second kappa shape index (κ2) is 30.5. The number of hydrogen-bond donors (Lipinski definition) is 2. The monoisotopic (exact) mass is 773 g/mol. The van der Waals surface area contributed by atoms with Crippen LogP contribution < -0.4 is 0 Å². The minimum absolute atomic E-state index is 0.405. The summed E-state index contributed by atoms with van der Waals surface area (Å²) in [4.78, 5) is 21.4. The minimum atomic E-state index is -4.25. The molecule has 2 aromatic carbocycles. The van der Waals surface area contributed by atoms with E-state index in [1.807, 2.05) is 0 Å². The molecule has 0 fully saturated rings. The van der Waals surface area contributed by atoms with Crippen LogP contribution >= 0.6 is 0 Å². The van der Waals surface area contributed by atoms with Gasteiger partial charge in [0.05, 0.1) is 47.1 Å². The van der Waals surface area contributed by atoms with Gasteiger partial charge in [0.1, 0.15) is 0 Å². The van der Waals surface area contributed by atoms with E-state index in [4.69, 9.17) is 10.2 Å². The number of sulfone groups is 1. The molecule has 0 radical (unpaired) electrons. The molecule has 2 rings (SSSR count). The van der Waals surface area contributed by atoms with Crippen LogP contribution in [0.4, 0.5) is 0 Å². The number of carbonyl (C=O) groups is 2. The SMILES string of the molecule is CCCCCCCC[N+](CCCCCCCC)(CCCCCCCC)CCCCCCCC.O=C(O)c1ccccc1S(=O)(=O)c1ccccc1C(=O)O. The van der Waals surface area contributed by atoms with Crippen LogP contribution in [0.3, 0.4) is 0 Å². The lowest BCUT2D eigenvalue weighted by Crippen LogP contribution is -2.50. The van der Waals surface area contributed by atoms with E-state index in [-0.39, 0.29) is 0 Å². The van der Waals surface area contributed by atoms with Crippen molar-refractivity contribution >= 4 is 21.8 Å². The second-order valence-electron chi connectivity index (χ2n) is 15.4. The summed E-state index contributed by atoms with van der Waals surface area (Å²) in [7, 11) is -4.25. The summed E-state index contributed by atoms with van der Waals surface area (Å²) < 4.78 is 26.6. The Balaban J connectivity index is 0.000000591. The standard InChI is InChI=1S/C32H68N.C14H10O6S/c1-5-9-13-17-21-25-29-33(30-26-22-18-14-10-6-2,31-27-23-19-15-11-7-3)32-28-24-20-16-12-8-4;15-13(16)9-5-1-3-7-11(9)21(19,20)12-8-4-2-6-10(12)14(17)18/h5-32H2,1-4H3;1-8H,(H,15,16)(H,17,18)/q+1;. The summed E-state index contributed by atoms with van der Waals surface area (Å²) >= 11 is 0. The van der Waals surface area contributed by atoms with Crippen molar-refractivity contribution < 1.29 is 32.7 Å². The molecule has 0 atom stereocenters. The Morgan fingerprint density at radius 2 is 0.667 bits per heavy atom. The Bertz CT molecular complexity index is 1240. The van der Waals surface area contributed by atoms with Crippen molar-refractivity contribution in [2.45, 2.75) is 192 Å². The summed E-state index contributed by atoms with van der Waals surface area (Å²) in [6.07, 6.45) is 34.8. The first-order valence-electron chi connectivity index (χ1n) is 21.8. The summed E-state index contributed by atoms with van der Waals surface area (Å²) in [5, 5.41) is 18.1. The summed E-state index contributed by atoms with van der Waals surface area (Å²) in [6, 6.07) is 10.1. The van der Waals surface area contributed by atoms with Crippen LogP contribution in [-0.2, 0) is 9.84 Å². The Labute approximate surface area is 330 Å². The molecule has 2 N–H and O–H groups in total. The van der Waals surface area contributed by atoms with Crippen molar-refractivity contribution in [3.05, 3.63) is 59.7 Å². The van der Waals surface area contributed by atoms with Crippen molar-refractivity contribution in [2.24, 2.45) is 0 Å². The maximum absolute atomic E-state index is 12.6. The van der Waals surface area contributed by atoms with Gasteiger partial charge >= 0.3 is 11.9 Å². The fourth-order valence-corrected chi connectivity index (χ4v) is 9.10. The maximum Gasteiger partial charge on any atom is 0.337 e. The van der Waals surface area contributed by atoms with Crippen LogP contribution in [0.25, 0.3) is 0 Å². The minimum Gasteiger partial charge on any atom is -0.478 e. The molecular formula is C46H78NO6S+. The first kappa shape index (κ1) is 49.3. The van der Waals surface area contributed by atoms with Crippen LogP contribution in [0.1, 0.15) is 203 Å². The van der Waals surface area contributed by atoms with Crippen molar-refractivity contribution in [1.29, 1.82) is 0 Å². The third-order valence-electron chi connectivity index (χ3n) is 10.8. The molecule has 0 unspecified atom stereocenters. The molecule has 7 nitrogen and oxygen atoms in total. The molecule has 0 saturated carbocycles. The quantitative estimate of drug-likeness (QED) is 0.0566. The molecule has 0 aromatic heterocycles. The zero-order valence-corrected chi connectivity index (χ0v) is 35.6. The molecule has 2 aromatic rings. The van der Waals surface area contributed by atoms with Gasteiger partial charge in [-0.15, -0.1) is 0 Å². The molecule has 0 heterocycles. The average Bonchev–Trinajstić information content (AvgIpc) is 3.17. The molecule has 308 valence electrons. The number of carboxylic acids is 2. The Hall–Kier alpha value is -2.71. The maximum atomic E-state index is 12.6. The lowest BCUT2D eigenvalue weighted by atomic mass is 10.0. The fraction of sp³-hybridized carbons (Fsp3) is 0.696. The van der Waals surface area contributed by atoms with Gasteiger partial charge in [-0.3, -0.25) is 0 Å². The van der Waals surface area contributed by atoms with Crippen LogP contribution in [0.5, 0.6) is 0 Å². The zero-order valence-electron chi connectivity index (χ0n) is 34.8. The first-order chi connectivity index (χ1) is 26.1. The molecule has 0 spiro atoms. The molecule has 0 aliphatic carbocycles. The highest BCUT2D eigenvalue weighted by Gasteiger charge is 2.28. The lowest BCUT2D eigenvalue weighted by Gasteiger charge is -2.40. The number of nitrogens with zero attached hydrogens (tertiary/aromatic N) is 1. The van der Waals surface area contributed by atoms with Crippen molar-refractivity contribution in [3.63, 3.8) is 0 Å². The number of hydrogen-bond acceptors (Lipinski definition) is 4. The predicted octanol–water partition coefficient (Wildman–Crippen LogP) is 13.2. The summed E-state index contributed by atoms with van der Waals surface area (Å²) in [5.74, 6) is -2.80. The molecule has 0 bridgehead atoms. The number of rotatable bonds is 32. The topological polar surface area (TPSA) is 109 Å². The third kappa shape index (κ3) is 20.3. The van der Waals surface area contributed by atoms with Gasteiger partial charge in [0, 0.05) is 0 Å². The van der Waals surface area contributed by atoms with Crippen molar-refractivity contribution in [1.82, 2.24) is 0 Å². The van der Waals surface area contributed by atoms with Crippen molar-refractivity contribution in [2.75, 3.05) is 26.2 Å². The van der Waals surface area contributed by atoms with E-state index < -0.39 is 42.7 Å². The van der Waals surface area contributed by atoms with Crippen molar-refractivity contribution in [3.8, 4) is 0 Å². The number of quaternary nitrogens is 1. The number of unbranched alkanes of at least 4 members (excludes halogenated alkanes) is 20. The van der Waals surface area contributed by atoms with Gasteiger partial charge in [-0.05, 0) is 75.6 Å². The number of carboxylic acid groups (broad SMARTS) is 2. The molecule has 54 heavy (non-hydrogen) atoms. The van der Waals surface area contributed by atoms with Gasteiger partial charge in [0.15, 0.2) is 0 Å². The Kier molecular flexibility index (Phi) is 27.9. The fourth-order valence-electron chi connectivity index (χ4n) is 7.45. The lowest BCUT2D eigenvalue weighted by molar-refractivity contribution is -0.929. The zero-order chi connectivity index (χ0) is 39.9. The van der Waals surface area contributed by atoms with Crippen LogP contribution in [0.2, 0.25) is 0 Å². The molecular weight excluding hydrogens is 695 g/mol. The molecule has 0 aliphatic rings. The normalized spacial score (nSPS) is 11.6. The second-order valence-corrected chi connectivity index (χ2v) is 17.3. The number of benzene rings is 2. The van der Waals surface area contributed by atoms with Gasteiger partial charge < -0.3 is 14.7 Å². The van der Waals surface area contributed by atoms with Crippen LogP contribution in [0, 0.1) is 0 Å². The van der Waals surface area contributed by atoms with Crippen LogP contribution in [0.15, 0.2) is 58.3 Å². The third-order valence-corrected chi connectivity index (χ3v) is 12.6. The van der Waals surface area contributed by atoms with E-state index in [0.717, 1.165) is 24.3 Å². The smallest absolute Gasteiger partial charge is 0.337 e. The average molecular weight is 773 g/mol. The largest absolute Gasteiger partial charge is 0.478 e. The van der Waals surface area contributed by atoms with E-state index >= 15 is 0 Å². The highest BCUT2D eigenvalue weighted by atomic mass is 32.2. The van der Waals surface area contributed by atoms with E-state index in [1.165, 1.54) is 209 Å². The van der Waals surface area contributed by atoms with E-state index in [0.29, 0.717) is 0 Å². The first-order valence-corrected chi connectivity index (χ1v) is 23.3. The van der Waals surface area contributed by atoms with Gasteiger partial charge in [-0.1, -0.05) is 155 Å². The number of aromatic carboxylic acids is 2. The van der Waals surface area contributed by atoms with Gasteiger partial charge in [-0.25, -0.2) is 18.0 Å².